The van der Waals surface area contributed by atoms with Gasteiger partial charge in [0.1, 0.15) is 13.2 Å². The van der Waals surface area contributed by atoms with Crippen LogP contribution < -0.4 is 0 Å². The molecule has 0 saturated heterocycles. The zero-order valence-corrected chi connectivity index (χ0v) is 11.7. The molecule has 6 nitrogen and oxygen atoms in total. The van der Waals surface area contributed by atoms with Crippen molar-refractivity contribution in [3.8, 4) is 0 Å². The first-order chi connectivity index (χ1) is 9.56. The Bertz CT molecular complexity index is 595. The molecule has 1 heterocycles. The molecular weight excluding hydrogens is 307 g/mol. The lowest BCUT2D eigenvalue weighted by Crippen LogP contribution is -2.06. The Hall–Kier alpha value is -1.63. The highest BCUT2D eigenvalue weighted by atomic mass is 35.5. The maximum atomic E-state index is 10.3. The molecule has 20 heavy (non-hydrogen) atoms. The minimum absolute atomic E-state index is 0.0600. The number of benzene rings is 1. The average Bonchev–Trinajstić information content (AvgIpc) is 2.81. The van der Waals surface area contributed by atoms with Crippen molar-refractivity contribution < 1.29 is 19.2 Å². The zero-order chi connectivity index (χ0) is 14.5. The van der Waals surface area contributed by atoms with Crippen LogP contribution in [0.5, 0.6) is 0 Å². The van der Waals surface area contributed by atoms with Gasteiger partial charge in [-0.2, -0.15) is 4.98 Å². The summed E-state index contributed by atoms with van der Waals surface area (Å²) in [5, 5.41) is 13.2. The molecule has 1 aromatic carbocycles. The molecule has 0 radical (unpaired) electrons. The van der Waals surface area contributed by atoms with Crippen LogP contribution in [-0.2, 0) is 22.6 Å². The first kappa shape index (κ1) is 14.8. The average molecular weight is 317 g/mol. The Balaban J connectivity index is 2.01. The standard InChI is InChI=1S/C12H10Cl2N2O4/c13-8-2-1-3-9(14)7(8)4-10-15-11(20-16-10)5-19-6-12(17)18/h1-3H,4-6H2,(H,17,18). The second kappa shape index (κ2) is 6.69. The topological polar surface area (TPSA) is 85.5 Å². The van der Waals surface area contributed by atoms with Crippen LogP contribution in [0.1, 0.15) is 17.3 Å². The van der Waals surface area contributed by atoms with Gasteiger partial charge in [0.2, 0.25) is 0 Å². The van der Waals surface area contributed by atoms with Gasteiger partial charge in [-0.05, 0) is 17.7 Å². The van der Waals surface area contributed by atoms with Crippen LogP contribution in [0.25, 0.3) is 0 Å². The zero-order valence-electron chi connectivity index (χ0n) is 10.2. The van der Waals surface area contributed by atoms with Crippen molar-refractivity contribution >= 4 is 29.2 Å². The number of carbonyl (C=O) groups is 1. The summed E-state index contributed by atoms with van der Waals surface area (Å²) in [7, 11) is 0. The van der Waals surface area contributed by atoms with Gasteiger partial charge in [0, 0.05) is 16.5 Å². The van der Waals surface area contributed by atoms with E-state index in [0.717, 1.165) is 0 Å². The molecule has 0 unspecified atom stereocenters. The molecule has 0 amide bonds. The molecule has 0 bridgehead atoms. The van der Waals surface area contributed by atoms with Crippen LogP contribution >= 0.6 is 23.2 Å². The van der Waals surface area contributed by atoms with Crippen molar-refractivity contribution in [3.05, 3.63) is 45.5 Å². The molecule has 1 aromatic heterocycles. The van der Waals surface area contributed by atoms with E-state index in [4.69, 9.17) is 37.6 Å². The number of rotatable bonds is 6. The number of aliphatic carboxylic acids is 1. The van der Waals surface area contributed by atoms with E-state index in [1.165, 1.54) is 0 Å². The van der Waals surface area contributed by atoms with E-state index in [0.29, 0.717) is 27.9 Å². The van der Waals surface area contributed by atoms with Crippen LogP contribution in [0.2, 0.25) is 10.0 Å². The maximum absolute atomic E-state index is 10.3. The predicted molar refractivity (Wildman–Crippen MR) is 70.9 cm³/mol. The molecule has 2 aromatic rings. The van der Waals surface area contributed by atoms with Gasteiger partial charge >= 0.3 is 5.97 Å². The minimum atomic E-state index is -1.06. The quantitative estimate of drug-likeness (QED) is 0.881. The Morgan fingerprint density at radius 2 is 2.05 bits per heavy atom. The van der Waals surface area contributed by atoms with Gasteiger partial charge in [-0.15, -0.1) is 0 Å². The van der Waals surface area contributed by atoms with Crippen molar-refractivity contribution in [1.82, 2.24) is 10.1 Å². The summed E-state index contributed by atoms with van der Waals surface area (Å²) in [4.78, 5) is 14.4. The van der Waals surface area contributed by atoms with E-state index in [9.17, 15) is 4.79 Å². The van der Waals surface area contributed by atoms with E-state index >= 15 is 0 Å². The normalized spacial score (nSPS) is 10.7. The summed E-state index contributed by atoms with van der Waals surface area (Å²) in [6.45, 7) is -0.483. The molecule has 0 aliphatic rings. The monoisotopic (exact) mass is 316 g/mol. The molecule has 0 atom stereocenters. The number of ether oxygens (including phenoxy) is 1. The van der Waals surface area contributed by atoms with Crippen LogP contribution in [0.15, 0.2) is 22.7 Å². The predicted octanol–water partition coefficient (Wildman–Crippen LogP) is 2.57. The van der Waals surface area contributed by atoms with E-state index in [1.54, 1.807) is 18.2 Å². The smallest absolute Gasteiger partial charge is 0.329 e. The number of nitrogens with zero attached hydrogens (tertiary/aromatic N) is 2. The highest BCUT2D eigenvalue weighted by Crippen LogP contribution is 2.26. The van der Waals surface area contributed by atoms with Crippen molar-refractivity contribution in [2.24, 2.45) is 0 Å². The highest BCUT2D eigenvalue weighted by molar-refractivity contribution is 6.36. The third kappa shape index (κ3) is 3.93. The SMILES string of the molecule is O=C(O)COCc1nc(Cc2c(Cl)cccc2Cl)no1. The lowest BCUT2D eigenvalue weighted by atomic mass is 10.1. The van der Waals surface area contributed by atoms with Crippen molar-refractivity contribution in [2.75, 3.05) is 6.61 Å². The first-order valence-electron chi connectivity index (χ1n) is 5.60. The molecular formula is C12H10Cl2N2O4. The second-order valence-corrected chi connectivity index (χ2v) is 4.68. The summed E-state index contributed by atoms with van der Waals surface area (Å²) in [5.41, 5.74) is 0.703. The van der Waals surface area contributed by atoms with Crippen LogP contribution in [0.3, 0.4) is 0 Å². The lowest BCUT2D eigenvalue weighted by molar-refractivity contribution is -0.142. The molecule has 0 aliphatic heterocycles. The molecule has 0 aliphatic carbocycles. The number of carboxylic acid groups (broad SMARTS) is 1. The van der Waals surface area contributed by atoms with Gasteiger partial charge in [-0.3, -0.25) is 0 Å². The Morgan fingerprint density at radius 3 is 2.70 bits per heavy atom. The second-order valence-electron chi connectivity index (χ2n) is 3.87. The van der Waals surface area contributed by atoms with E-state index < -0.39 is 12.6 Å². The van der Waals surface area contributed by atoms with E-state index in [-0.39, 0.29) is 12.5 Å². The van der Waals surface area contributed by atoms with Gasteiger partial charge in [0.25, 0.3) is 5.89 Å². The largest absolute Gasteiger partial charge is 0.480 e. The van der Waals surface area contributed by atoms with Crippen molar-refractivity contribution in [2.45, 2.75) is 13.0 Å². The minimum Gasteiger partial charge on any atom is -0.480 e. The molecule has 0 fully saturated rings. The summed E-state index contributed by atoms with van der Waals surface area (Å²) < 4.78 is 9.78. The van der Waals surface area contributed by atoms with Gasteiger partial charge < -0.3 is 14.4 Å². The van der Waals surface area contributed by atoms with Crippen molar-refractivity contribution in [1.29, 1.82) is 0 Å². The number of hydrogen-bond donors (Lipinski definition) is 1. The fraction of sp³-hybridized carbons (Fsp3) is 0.250. The fourth-order valence-electron chi connectivity index (χ4n) is 1.51. The highest BCUT2D eigenvalue weighted by Gasteiger charge is 2.12. The van der Waals surface area contributed by atoms with Crippen LogP contribution in [0, 0.1) is 0 Å². The molecule has 106 valence electrons. The van der Waals surface area contributed by atoms with Gasteiger partial charge in [0.05, 0.1) is 0 Å². The molecule has 1 N–H and O–H groups in total. The van der Waals surface area contributed by atoms with Gasteiger partial charge in [-0.25, -0.2) is 4.79 Å². The van der Waals surface area contributed by atoms with Gasteiger partial charge in [-0.1, -0.05) is 34.4 Å². The number of hydrogen-bond acceptors (Lipinski definition) is 5. The Kier molecular flexibility index (Phi) is 4.94. The molecule has 2 rings (SSSR count). The number of carboxylic acids is 1. The lowest BCUT2D eigenvalue weighted by Gasteiger charge is -2.03. The van der Waals surface area contributed by atoms with Crippen molar-refractivity contribution in [3.63, 3.8) is 0 Å². The third-order valence-electron chi connectivity index (χ3n) is 2.36. The maximum Gasteiger partial charge on any atom is 0.329 e. The summed E-state index contributed by atoms with van der Waals surface area (Å²) in [6.07, 6.45) is 0.320. The molecule has 0 spiro atoms. The fourth-order valence-corrected chi connectivity index (χ4v) is 2.04. The molecule has 0 saturated carbocycles. The van der Waals surface area contributed by atoms with Crippen LogP contribution in [-0.4, -0.2) is 27.8 Å². The van der Waals surface area contributed by atoms with Gasteiger partial charge in [0.15, 0.2) is 5.82 Å². The number of halogens is 2. The van der Waals surface area contributed by atoms with Crippen LogP contribution in [0.4, 0.5) is 0 Å². The Morgan fingerprint density at radius 1 is 1.35 bits per heavy atom. The van der Waals surface area contributed by atoms with E-state index in [1.807, 2.05) is 0 Å². The third-order valence-corrected chi connectivity index (χ3v) is 3.07. The molecule has 8 heteroatoms. The Labute approximate surface area is 124 Å². The summed E-state index contributed by atoms with van der Waals surface area (Å²) >= 11 is 12.1. The summed E-state index contributed by atoms with van der Waals surface area (Å²) in [6, 6.07) is 5.19. The van der Waals surface area contributed by atoms with E-state index in [2.05, 4.69) is 10.1 Å². The number of aromatic nitrogens is 2. The summed E-state index contributed by atoms with van der Waals surface area (Å²) in [5.74, 6) is -0.467. The first-order valence-corrected chi connectivity index (χ1v) is 6.35.